The van der Waals surface area contributed by atoms with E-state index in [1.54, 1.807) is 11.1 Å². The maximum absolute atomic E-state index is 10.1. The van der Waals surface area contributed by atoms with Gasteiger partial charge < -0.3 is 10.2 Å². The molecule has 2 N–H and O–H groups in total. The van der Waals surface area contributed by atoms with Crippen molar-refractivity contribution in [3.8, 4) is 0 Å². The maximum Gasteiger partial charge on any atom is 0.0591 e. The number of hydrogen-bond acceptors (Lipinski definition) is 2. The molecular weight excluding hydrogens is 368 g/mol. The van der Waals surface area contributed by atoms with E-state index in [0.717, 1.165) is 32.1 Å². The molecule has 30 heavy (non-hydrogen) atoms. The molecule has 3 fully saturated rings. The predicted octanol–water partition coefficient (Wildman–Crippen LogP) is 6.80. The molecular formula is C28H42O2. The first-order valence-electron chi connectivity index (χ1n) is 12.3. The Labute approximate surface area is 183 Å². The number of aliphatic hydroxyl groups is 2. The summed E-state index contributed by atoms with van der Waals surface area (Å²) in [5, 5.41) is 20.2. The van der Waals surface area contributed by atoms with E-state index in [1.165, 1.54) is 56.1 Å². The van der Waals surface area contributed by atoms with Crippen molar-refractivity contribution in [1.29, 1.82) is 0 Å². The molecule has 0 aromatic heterocycles. The van der Waals surface area contributed by atoms with Gasteiger partial charge in [-0.05, 0) is 113 Å². The molecule has 2 nitrogen and oxygen atoms in total. The van der Waals surface area contributed by atoms with Crippen LogP contribution in [-0.2, 0) is 0 Å². The van der Waals surface area contributed by atoms with E-state index in [2.05, 4.69) is 31.7 Å². The summed E-state index contributed by atoms with van der Waals surface area (Å²) in [5.41, 5.74) is 6.04. The molecule has 0 bridgehead atoms. The predicted molar refractivity (Wildman–Crippen MR) is 125 cm³/mol. The Kier molecular flexibility index (Phi) is 5.96. The van der Waals surface area contributed by atoms with E-state index in [4.69, 9.17) is 0 Å². The number of hydrogen-bond donors (Lipinski definition) is 2. The van der Waals surface area contributed by atoms with Gasteiger partial charge in [0.2, 0.25) is 0 Å². The van der Waals surface area contributed by atoms with Crippen LogP contribution in [0.3, 0.4) is 0 Å². The molecule has 0 saturated heterocycles. The summed E-state index contributed by atoms with van der Waals surface area (Å²) in [7, 11) is 0. The summed E-state index contributed by atoms with van der Waals surface area (Å²) in [6, 6.07) is 0. The van der Waals surface area contributed by atoms with Crippen molar-refractivity contribution in [2.24, 2.45) is 16.7 Å². The summed E-state index contributed by atoms with van der Waals surface area (Å²) in [5.74, 6) is 0.645. The molecule has 4 aliphatic rings. The smallest absolute Gasteiger partial charge is 0.0591 e. The first kappa shape index (κ1) is 22.1. The van der Waals surface area contributed by atoms with E-state index < -0.39 is 5.60 Å². The van der Waals surface area contributed by atoms with Gasteiger partial charge in [-0.25, -0.2) is 0 Å². The summed E-state index contributed by atoms with van der Waals surface area (Å²) < 4.78 is 0. The minimum absolute atomic E-state index is 0.199. The topological polar surface area (TPSA) is 40.5 Å². The van der Waals surface area contributed by atoms with E-state index in [-0.39, 0.29) is 6.10 Å². The van der Waals surface area contributed by atoms with Gasteiger partial charge in [0.25, 0.3) is 0 Å². The monoisotopic (exact) mass is 410 g/mol. The third kappa shape index (κ3) is 4.41. The van der Waals surface area contributed by atoms with Gasteiger partial charge in [0.1, 0.15) is 0 Å². The normalized spacial score (nSPS) is 36.2. The van der Waals surface area contributed by atoms with Crippen LogP contribution < -0.4 is 0 Å². The first-order valence-corrected chi connectivity index (χ1v) is 12.3. The number of fused-ring (bicyclic) bond motifs is 1. The van der Waals surface area contributed by atoms with Crippen LogP contribution in [0.4, 0.5) is 0 Å². The average molecular weight is 411 g/mol. The lowest BCUT2D eigenvalue weighted by molar-refractivity contribution is 0.0664. The van der Waals surface area contributed by atoms with Gasteiger partial charge in [-0.2, -0.15) is 0 Å². The Hall–Kier alpha value is -1.12. The highest BCUT2D eigenvalue weighted by molar-refractivity contribution is 5.41. The van der Waals surface area contributed by atoms with Crippen molar-refractivity contribution in [2.75, 3.05) is 0 Å². The summed E-state index contributed by atoms with van der Waals surface area (Å²) in [6.45, 7) is 10.6. The second-order valence-electron chi connectivity index (χ2n) is 11.6. The van der Waals surface area contributed by atoms with E-state index in [9.17, 15) is 10.2 Å². The quantitative estimate of drug-likeness (QED) is 0.473. The van der Waals surface area contributed by atoms with Gasteiger partial charge in [0, 0.05) is 0 Å². The Bertz CT molecular complexity index is 771. The third-order valence-corrected chi connectivity index (χ3v) is 8.61. The van der Waals surface area contributed by atoms with Crippen LogP contribution in [0.2, 0.25) is 0 Å². The molecule has 2 heteroatoms. The molecule has 0 aromatic carbocycles. The highest BCUT2D eigenvalue weighted by Crippen LogP contribution is 2.67. The van der Waals surface area contributed by atoms with Crippen molar-refractivity contribution in [3.63, 3.8) is 0 Å². The minimum atomic E-state index is -0.544. The Morgan fingerprint density at radius 1 is 1.20 bits per heavy atom. The Morgan fingerprint density at radius 3 is 2.67 bits per heavy atom. The highest BCUT2D eigenvalue weighted by Gasteiger charge is 2.56. The molecule has 3 unspecified atom stereocenters. The SMILES string of the molecule is C=C1CCC(O)CC1=CC=C1CCCC2(C)C(C3(CCCC(C)(C)O)CC3)=CCC12. The molecule has 0 spiro atoms. The lowest BCUT2D eigenvalue weighted by Crippen LogP contribution is -2.33. The van der Waals surface area contributed by atoms with Crippen LogP contribution in [0.25, 0.3) is 0 Å². The van der Waals surface area contributed by atoms with Gasteiger partial charge in [0.15, 0.2) is 0 Å². The minimum Gasteiger partial charge on any atom is -0.393 e. The van der Waals surface area contributed by atoms with Gasteiger partial charge in [-0.3, -0.25) is 0 Å². The summed E-state index contributed by atoms with van der Waals surface area (Å²) in [4.78, 5) is 0. The van der Waals surface area contributed by atoms with Gasteiger partial charge in [-0.1, -0.05) is 48.5 Å². The van der Waals surface area contributed by atoms with Crippen molar-refractivity contribution < 1.29 is 10.2 Å². The van der Waals surface area contributed by atoms with Crippen molar-refractivity contribution >= 4 is 0 Å². The zero-order valence-electron chi connectivity index (χ0n) is 19.5. The van der Waals surface area contributed by atoms with Crippen LogP contribution in [0.1, 0.15) is 97.8 Å². The number of aliphatic hydroxyl groups excluding tert-OH is 1. The fraction of sp³-hybridized carbons (Fsp3) is 0.714. The van der Waals surface area contributed by atoms with Crippen molar-refractivity contribution in [1.82, 2.24) is 0 Å². The van der Waals surface area contributed by atoms with Gasteiger partial charge in [0.05, 0.1) is 11.7 Å². The molecule has 3 atom stereocenters. The highest BCUT2D eigenvalue weighted by atomic mass is 16.3. The third-order valence-electron chi connectivity index (χ3n) is 8.61. The van der Waals surface area contributed by atoms with Gasteiger partial charge in [-0.15, -0.1) is 0 Å². The van der Waals surface area contributed by atoms with Crippen LogP contribution in [-0.4, -0.2) is 21.9 Å². The Morgan fingerprint density at radius 2 is 1.97 bits per heavy atom. The second kappa shape index (κ2) is 8.10. The molecule has 4 aliphatic carbocycles. The van der Waals surface area contributed by atoms with Crippen LogP contribution in [0.5, 0.6) is 0 Å². The molecule has 0 radical (unpaired) electrons. The summed E-state index contributed by atoms with van der Waals surface area (Å²) >= 11 is 0. The zero-order valence-corrected chi connectivity index (χ0v) is 19.5. The van der Waals surface area contributed by atoms with Crippen LogP contribution >= 0.6 is 0 Å². The molecule has 0 heterocycles. The molecule has 4 rings (SSSR count). The Balaban J connectivity index is 1.49. The lowest BCUT2D eigenvalue weighted by atomic mass is 9.61. The van der Waals surface area contributed by atoms with Gasteiger partial charge >= 0.3 is 0 Å². The summed E-state index contributed by atoms with van der Waals surface area (Å²) in [6.07, 6.45) is 20.6. The van der Waals surface area contributed by atoms with Crippen LogP contribution in [0, 0.1) is 16.7 Å². The fourth-order valence-corrected chi connectivity index (χ4v) is 6.70. The first-order chi connectivity index (χ1) is 14.1. The van der Waals surface area contributed by atoms with E-state index in [0.29, 0.717) is 16.7 Å². The lowest BCUT2D eigenvalue weighted by Gasteiger charge is -2.43. The molecule has 3 saturated carbocycles. The van der Waals surface area contributed by atoms with E-state index >= 15 is 0 Å². The average Bonchev–Trinajstić information content (AvgIpc) is 3.34. The molecule has 0 aliphatic heterocycles. The molecule has 0 amide bonds. The maximum atomic E-state index is 10.1. The van der Waals surface area contributed by atoms with Crippen molar-refractivity contribution in [2.45, 2.75) is 110 Å². The second-order valence-corrected chi connectivity index (χ2v) is 11.6. The molecule has 166 valence electrons. The standard InChI is InChI=1S/C28H42O2/c1-20-8-11-23(29)19-22(20)10-9-21-7-5-15-27(4)24(21)12-13-25(27)28(17-18-28)16-6-14-26(2,3)30/h9-10,13,23-24,29-30H,1,5-8,11-12,14-19H2,2-4H3. The van der Waals surface area contributed by atoms with Crippen molar-refractivity contribution in [3.05, 3.63) is 47.1 Å². The van der Waals surface area contributed by atoms with E-state index in [1.807, 2.05) is 13.8 Å². The zero-order chi connectivity index (χ0) is 21.6. The largest absolute Gasteiger partial charge is 0.393 e. The fourth-order valence-electron chi connectivity index (χ4n) is 6.70. The number of rotatable bonds is 6. The van der Waals surface area contributed by atoms with Crippen LogP contribution in [0.15, 0.2) is 47.1 Å². The molecule has 0 aromatic rings. The number of allylic oxidation sites excluding steroid dienone is 6.